The van der Waals surface area contributed by atoms with Crippen LogP contribution in [-0.2, 0) is 14.6 Å². The second-order valence-electron chi connectivity index (χ2n) is 3.93. The molecule has 2 rings (SSSR count). The Bertz CT molecular complexity index is 435. The van der Waals surface area contributed by atoms with Gasteiger partial charge in [0.15, 0.2) is 6.10 Å². The third kappa shape index (κ3) is 2.98. The summed E-state index contributed by atoms with van der Waals surface area (Å²) >= 11 is 0. The maximum absolute atomic E-state index is 11.9. The van der Waals surface area contributed by atoms with Gasteiger partial charge in [-0.2, -0.15) is 0 Å². The van der Waals surface area contributed by atoms with Crippen LogP contribution >= 0.6 is 0 Å². The molecule has 1 heterocycles. The zero-order valence-electron chi connectivity index (χ0n) is 9.67. The van der Waals surface area contributed by atoms with Crippen LogP contribution in [0.3, 0.4) is 0 Å². The molecule has 1 aliphatic heterocycles. The van der Waals surface area contributed by atoms with Gasteiger partial charge in [0.1, 0.15) is 0 Å². The lowest BCUT2D eigenvalue weighted by Crippen LogP contribution is -2.49. The average Bonchev–Trinajstić information content (AvgIpc) is 2.40. The summed E-state index contributed by atoms with van der Waals surface area (Å²) in [4.78, 5) is 23.6. The molecule has 1 saturated heterocycles. The molecule has 0 aromatic heterocycles. The summed E-state index contributed by atoms with van der Waals surface area (Å²) < 4.78 is 5.25. The number of carbonyl (C=O) groups is 2. The molecule has 0 spiro atoms. The summed E-state index contributed by atoms with van der Waals surface area (Å²) in [6, 6.07) is 8.93. The molecule has 6 nitrogen and oxygen atoms in total. The molecule has 1 aliphatic rings. The van der Waals surface area contributed by atoms with Crippen molar-refractivity contribution in [3.8, 4) is 0 Å². The fourth-order valence-electron chi connectivity index (χ4n) is 1.72. The van der Waals surface area contributed by atoms with Crippen LogP contribution < -0.4 is 5.32 Å². The molecule has 1 atom stereocenters. The van der Waals surface area contributed by atoms with Crippen LogP contribution in [0.15, 0.2) is 30.3 Å². The van der Waals surface area contributed by atoms with E-state index in [4.69, 9.17) is 4.74 Å². The van der Waals surface area contributed by atoms with E-state index in [-0.39, 0.29) is 25.6 Å². The summed E-state index contributed by atoms with van der Waals surface area (Å²) in [6.07, 6.45) is -2.08. The van der Waals surface area contributed by atoms with Gasteiger partial charge in [-0.25, -0.2) is 9.90 Å². The molecule has 1 aromatic rings. The van der Waals surface area contributed by atoms with Crippen molar-refractivity contribution in [2.75, 3.05) is 25.0 Å². The Labute approximate surface area is 104 Å². The van der Waals surface area contributed by atoms with Gasteiger partial charge in [0.25, 0.3) is 5.91 Å². The minimum atomic E-state index is -1.28. The molecular weight excluding hydrogens is 236 g/mol. The van der Waals surface area contributed by atoms with E-state index >= 15 is 0 Å². The number of hydrogen-bond acceptors (Lipinski definition) is 3. The highest BCUT2D eigenvalue weighted by Crippen LogP contribution is 2.10. The largest absolute Gasteiger partial charge is 0.453 e. The van der Waals surface area contributed by atoms with Gasteiger partial charge >= 0.3 is 6.09 Å². The molecule has 1 N–H and O–H groups in total. The smallest absolute Gasteiger partial charge is 0.365 e. The van der Waals surface area contributed by atoms with Gasteiger partial charge in [-0.1, -0.05) is 18.2 Å². The minimum absolute atomic E-state index is 0.000992. The van der Waals surface area contributed by atoms with E-state index in [0.29, 0.717) is 5.69 Å². The molecule has 0 saturated carbocycles. The Hall–Kier alpha value is -2.08. The Kier molecular flexibility index (Phi) is 3.78. The van der Waals surface area contributed by atoms with Gasteiger partial charge in [-0.05, 0) is 12.1 Å². The molecular formula is C12H13N2O4. The van der Waals surface area contributed by atoms with Gasteiger partial charge in [-0.15, -0.1) is 0 Å². The van der Waals surface area contributed by atoms with Gasteiger partial charge in [0.2, 0.25) is 0 Å². The number of nitrogens with zero attached hydrogens (tertiary/aromatic N) is 1. The predicted molar refractivity (Wildman–Crippen MR) is 62.5 cm³/mol. The number of ether oxygens (including phenoxy) is 1. The Morgan fingerprint density at radius 1 is 1.28 bits per heavy atom. The van der Waals surface area contributed by atoms with E-state index in [1.807, 2.05) is 6.07 Å². The second-order valence-corrected chi connectivity index (χ2v) is 3.93. The van der Waals surface area contributed by atoms with Crippen LogP contribution in [0, 0.1) is 0 Å². The van der Waals surface area contributed by atoms with Crippen molar-refractivity contribution in [1.82, 2.24) is 4.90 Å². The monoisotopic (exact) mass is 249 g/mol. The van der Waals surface area contributed by atoms with E-state index in [2.05, 4.69) is 5.32 Å². The first-order valence-electron chi connectivity index (χ1n) is 5.60. The lowest BCUT2D eigenvalue weighted by molar-refractivity contribution is -0.132. The summed E-state index contributed by atoms with van der Waals surface area (Å²) in [5.74, 6) is -0.354. The van der Waals surface area contributed by atoms with Crippen LogP contribution in [0.1, 0.15) is 0 Å². The SMILES string of the molecule is [O]C(=O)N1CCOC(C(=O)Nc2ccccc2)C1. The Morgan fingerprint density at radius 3 is 2.67 bits per heavy atom. The van der Waals surface area contributed by atoms with Crippen molar-refractivity contribution < 1.29 is 19.4 Å². The van der Waals surface area contributed by atoms with Crippen LogP contribution in [0.5, 0.6) is 0 Å². The molecule has 18 heavy (non-hydrogen) atoms. The highest BCUT2D eigenvalue weighted by atomic mass is 16.5. The fraction of sp³-hybridized carbons (Fsp3) is 0.333. The highest BCUT2D eigenvalue weighted by molar-refractivity contribution is 5.94. The number of amides is 2. The average molecular weight is 249 g/mol. The first-order chi connectivity index (χ1) is 8.66. The van der Waals surface area contributed by atoms with Crippen molar-refractivity contribution >= 4 is 17.7 Å². The van der Waals surface area contributed by atoms with Gasteiger partial charge in [-0.3, -0.25) is 9.69 Å². The van der Waals surface area contributed by atoms with Crippen molar-refractivity contribution in [2.24, 2.45) is 0 Å². The number of anilines is 1. The standard InChI is InChI=1S/C12H13N2O4/c15-11(13-9-4-2-1-3-5-9)10-8-14(12(16)17)6-7-18-10/h1-5,10H,6-8H2,(H,13,15). The first kappa shape index (κ1) is 12.4. The molecule has 0 bridgehead atoms. The number of benzene rings is 1. The maximum Gasteiger partial charge on any atom is 0.453 e. The third-order valence-electron chi connectivity index (χ3n) is 2.66. The number of carbonyl (C=O) groups excluding carboxylic acids is 2. The van der Waals surface area contributed by atoms with Gasteiger partial charge < -0.3 is 10.1 Å². The number of rotatable bonds is 2. The van der Waals surface area contributed by atoms with E-state index < -0.39 is 12.2 Å². The topological polar surface area (TPSA) is 78.5 Å². The second kappa shape index (κ2) is 5.50. The van der Waals surface area contributed by atoms with Crippen LogP contribution in [0.4, 0.5) is 10.5 Å². The molecule has 95 valence electrons. The quantitative estimate of drug-likeness (QED) is 0.844. The highest BCUT2D eigenvalue weighted by Gasteiger charge is 2.29. The zero-order valence-corrected chi connectivity index (χ0v) is 9.67. The normalized spacial score (nSPS) is 19.3. The molecule has 0 aliphatic carbocycles. The van der Waals surface area contributed by atoms with Gasteiger partial charge in [0, 0.05) is 12.2 Å². The molecule has 1 unspecified atom stereocenters. The van der Waals surface area contributed by atoms with Gasteiger partial charge in [0.05, 0.1) is 13.2 Å². The van der Waals surface area contributed by atoms with Crippen molar-refractivity contribution in [3.63, 3.8) is 0 Å². The predicted octanol–water partition coefficient (Wildman–Crippen LogP) is 0.876. The Morgan fingerprint density at radius 2 is 2.00 bits per heavy atom. The lowest BCUT2D eigenvalue weighted by atomic mass is 10.2. The van der Waals surface area contributed by atoms with E-state index in [1.54, 1.807) is 24.3 Å². The van der Waals surface area contributed by atoms with E-state index in [0.717, 1.165) is 4.90 Å². The van der Waals surface area contributed by atoms with Crippen molar-refractivity contribution in [1.29, 1.82) is 0 Å². The minimum Gasteiger partial charge on any atom is -0.365 e. The molecule has 6 heteroatoms. The number of para-hydroxylation sites is 1. The van der Waals surface area contributed by atoms with Crippen LogP contribution in [0.2, 0.25) is 0 Å². The summed E-state index contributed by atoms with van der Waals surface area (Å²) in [5.41, 5.74) is 0.650. The maximum atomic E-state index is 11.9. The summed E-state index contributed by atoms with van der Waals surface area (Å²) in [5, 5.41) is 13.4. The number of nitrogens with one attached hydrogen (secondary N) is 1. The molecule has 1 aromatic carbocycles. The van der Waals surface area contributed by atoms with Crippen molar-refractivity contribution in [2.45, 2.75) is 6.10 Å². The van der Waals surface area contributed by atoms with Crippen LogP contribution in [-0.4, -0.2) is 42.7 Å². The number of hydrogen-bond donors (Lipinski definition) is 1. The molecule has 2 amide bonds. The van der Waals surface area contributed by atoms with E-state index in [9.17, 15) is 14.7 Å². The first-order valence-corrected chi connectivity index (χ1v) is 5.60. The number of morpholine rings is 1. The molecule has 1 fully saturated rings. The summed E-state index contributed by atoms with van der Waals surface area (Å²) in [6.45, 7) is 0.430. The Balaban J connectivity index is 1.95. The lowest BCUT2D eigenvalue weighted by Gasteiger charge is -2.29. The van der Waals surface area contributed by atoms with Crippen molar-refractivity contribution in [3.05, 3.63) is 30.3 Å². The zero-order chi connectivity index (χ0) is 13.0. The molecule has 1 radical (unpaired) electrons. The van der Waals surface area contributed by atoms with Crippen LogP contribution in [0.25, 0.3) is 0 Å². The third-order valence-corrected chi connectivity index (χ3v) is 2.66. The fourth-order valence-corrected chi connectivity index (χ4v) is 1.72. The van der Waals surface area contributed by atoms with E-state index in [1.165, 1.54) is 0 Å². The summed E-state index contributed by atoms with van der Waals surface area (Å²) in [7, 11) is 0.